The second kappa shape index (κ2) is 7.64. The van der Waals surface area contributed by atoms with Gasteiger partial charge in [-0.2, -0.15) is 0 Å². The number of benzene rings is 1. The van der Waals surface area contributed by atoms with Gasteiger partial charge in [0.05, 0.1) is 6.42 Å². The zero-order valence-corrected chi connectivity index (χ0v) is 15.3. The van der Waals surface area contributed by atoms with E-state index in [2.05, 4.69) is 15.5 Å². The van der Waals surface area contributed by atoms with Crippen molar-refractivity contribution in [2.45, 2.75) is 52.0 Å². The van der Waals surface area contributed by atoms with Gasteiger partial charge < -0.3 is 9.73 Å². The van der Waals surface area contributed by atoms with E-state index in [0.29, 0.717) is 30.2 Å². The van der Waals surface area contributed by atoms with Crippen LogP contribution in [0.1, 0.15) is 69.3 Å². The Balaban J connectivity index is 1.70. The number of aromatic nitrogens is 2. The number of rotatable bonds is 6. The molecule has 1 aromatic heterocycles. The summed E-state index contributed by atoms with van der Waals surface area (Å²) in [5.74, 6) is 0.874. The quantitative estimate of drug-likeness (QED) is 0.858. The van der Waals surface area contributed by atoms with Gasteiger partial charge in [0, 0.05) is 17.9 Å². The SMILES string of the molecule is CC(C)c1nnc([C@H](C)NC(=O)CC2=C(c3ccccc3)CCC2=O)o1. The maximum Gasteiger partial charge on any atom is 0.238 e. The smallest absolute Gasteiger partial charge is 0.238 e. The minimum absolute atomic E-state index is 0.0477. The van der Waals surface area contributed by atoms with Gasteiger partial charge in [-0.1, -0.05) is 44.2 Å². The van der Waals surface area contributed by atoms with E-state index in [1.165, 1.54) is 0 Å². The number of ketones is 1. The molecule has 0 bridgehead atoms. The molecular weight excluding hydrogens is 330 g/mol. The minimum atomic E-state index is -0.403. The van der Waals surface area contributed by atoms with Crippen LogP contribution in [0.2, 0.25) is 0 Å². The van der Waals surface area contributed by atoms with E-state index < -0.39 is 6.04 Å². The molecule has 0 saturated carbocycles. The molecule has 0 aliphatic heterocycles. The molecule has 0 saturated heterocycles. The van der Waals surface area contributed by atoms with E-state index in [4.69, 9.17) is 4.42 Å². The topological polar surface area (TPSA) is 85.1 Å². The van der Waals surface area contributed by atoms with E-state index in [0.717, 1.165) is 11.1 Å². The third kappa shape index (κ3) is 3.90. The lowest BCUT2D eigenvalue weighted by molar-refractivity contribution is -0.123. The zero-order chi connectivity index (χ0) is 18.7. The highest BCUT2D eigenvalue weighted by Crippen LogP contribution is 2.33. The van der Waals surface area contributed by atoms with E-state index in [1.54, 1.807) is 6.92 Å². The van der Waals surface area contributed by atoms with Crippen molar-refractivity contribution >= 4 is 17.3 Å². The molecule has 0 fully saturated rings. The van der Waals surface area contributed by atoms with Crippen LogP contribution in [0.15, 0.2) is 40.3 Å². The van der Waals surface area contributed by atoms with E-state index >= 15 is 0 Å². The number of nitrogens with zero attached hydrogens (tertiary/aromatic N) is 2. The summed E-state index contributed by atoms with van der Waals surface area (Å²) in [4.78, 5) is 24.7. The van der Waals surface area contributed by atoms with Crippen LogP contribution >= 0.6 is 0 Å². The third-order valence-corrected chi connectivity index (χ3v) is 4.46. The molecule has 0 radical (unpaired) electrons. The van der Waals surface area contributed by atoms with Gasteiger partial charge in [0.1, 0.15) is 6.04 Å². The average molecular weight is 353 g/mol. The van der Waals surface area contributed by atoms with Crippen molar-refractivity contribution in [3.05, 3.63) is 53.2 Å². The van der Waals surface area contributed by atoms with Gasteiger partial charge >= 0.3 is 0 Å². The second-order valence-corrected chi connectivity index (χ2v) is 6.85. The molecule has 136 valence electrons. The Labute approximate surface area is 152 Å². The van der Waals surface area contributed by atoms with E-state index in [9.17, 15) is 9.59 Å². The Morgan fingerprint density at radius 2 is 1.81 bits per heavy atom. The Kier molecular flexibility index (Phi) is 5.30. The summed E-state index contributed by atoms with van der Waals surface area (Å²) in [7, 11) is 0. The molecule has 1 aromatic carbocycles. The summed E-state index contributed by atoms with van der Waals surface area (Å²) in [6.45, 7) is 5.71. The molecule has 6 heteroatoms. The number of amides is 1. The van der Waals surface area contributed by atoms with Crippen LogP contribution in [-0.4, -0.2) is 21.9 Å². The van der Waals surface area contributed by atoms with Crippen LogP contribution in [0.4, 0.5) is 0 Å². The Morgan fingerprint density at radius 3 is 2.46 bits per heavy atom. The largest absolute Gasteiger partial charge is 0.423 e. The van der Waals surface area contributed by atoms with Gasteiger partial charge in [-0.05, 0) is 24.5 Å². The molecule has 0 spiro atoms. The molecule has 0 unspecified atom stereocenters. The maximum absolute atomic E-state index is 12.5. The van der Waals surface area contributed by atoms with Crippen LogP contribution in [0.5, 0.6) is 0 Å². The fourth-order valence-electron chi connectivity index (χ4n) is 3.04. The number of allylic oxidation sites excluding steroid dienone is 1. The number of Topliss-reactive ketones (excluding diaryl/α,β-unsaturated/α-hetero) is 1. The average Bonchev–Trinajstić information content (AvgIpc) is 3.24. The summed E-state index contributed by atoms with van der Waals surface area (Å²) in [6.07, 6.45) is 1.21. The highest BCUT2D eigenvalue weighted by atomic mass is 16.4. The number of hydrogen-bond donors (Lipinski definition) is 1. The van der Waals surface area contributed by atoms with Gasteiger partial charge in [-0.3, -0.25) is 9.59 Å². The van der Waals surface area contributed by atoms with Crippen molar-refractivity contribution in [2.24, 2.45) is 0 Å². The molecule has 3 rings (SSSR count). The summed E-state index contributed by atoms with van der Waals surface area (Å²) < 4.78 is 5.57. The van der Waals surface area contributed by atoms with Crippen molar-refractivity contribution in [1.29, 1.82) is 0 Å². The molecule has 2 aromatic rings. The first-order valence-electron chi connectivity index (χ1n) is 8.89. The number of carbonyl (C=O) groups excluding carboxylic acids is 2. The molecule has 1 aliphatic rings. The predicted molar refractivity (Wildman–Crippen MR) is 97.2 cm³/mol. The van der Waals surface area contributed by atoms with Crippen molar-refractivity contribution in [3.63, 3.8) is 0 Å². The first-order chi connectivity index (χ1) is 12.5. The van der Waals surface area contributed by atoms with Gasteiger partial charge in [0.15, 0.2) is 5.78 Å². The van der Waals surface area contributed by atoms with Gasteiger partial charge in [0.25, 0.3) is 0 Å². The van der Waals surface area contributed by atoms with Crippen molar-refractivity contribution < 1.29 is 14.0 Å². The molecule has 26 heavy (non-hydrogen) atoms. The maximum atomic E-state index is 12.5. The first kappa shape index (κ1) is 18.0. The summed E-state index contributed by atoms with van der Waals surface area (Å²) in [6, 6.07) is 9.35. The Morgan fingerprint density at radius 1 is 1.12 bits per heavy atom. The lowest BCUT2D eigenvalue weighted by atomic mass is 10.00. The highest BCUT2D eigenvalue weighted by molar-refractivity contribution is 6.10. The second-order valence-electron chi connectivity index (χ2n) is 6.85. The van der Waals surface area contributed by atoms with Crippen LogP contribution in [0.3, 0.4) is 0 Å². The Hall–Kier alpha value is -2.76. The predicted octanol–water partition coefficient (Wildman–Crippen LogP) is 3.58. The van der Waals surface area contributed by atoms with E-state index in [1.807, 2.05) is 44.2 Å². The number of carbonyl (C=O) groups is 2. The van der Waals surface area contributed by atoms with Crippen LogP contribution in [-0.2, 0) is 9.59 Å². The fourth-order valence-corrected chi connectivity index (χ4v) is 3.04. The zero-order valence-electron chi connectivity index (χ0n) is 15.3. The summed E-state index contributed by atoms with van der Waals surface area (Å²) in [5.41, 5.74) is 2.58. The van der Waals surface area contributed by atoms with E-state index in [-0.39, 0.29) is 24.0 Å². The molecule has 6 nitrogen and oxygen atoms in total. The third-order valence-electron chi connectivity index (χ3n) is 4.46. The monoisotopic (exact) mass is 353 g/mol. The van der Waals surface area contributed by atoms with Crippen molar-refractivity contribution in [1.82, 2.24) is 15.5 Å². The van der Waals surface area contributed by atoms with Crippen molar-refractivity contribution in [3.8, 4) is 0 Å². The van der Waals surface area contributed by atoms with Crippen LogP contribution in [0, 0.1) is 0 Å². The van der Waals surface area contributed by atoms with Crippen LogP contribution in [0.25, 0.3) is 5.57 Å². The van der Waals surface area contributed by atoms with Crippen molar-refractivity contribution in [2.75, 3.05) is 0 Å². The van der Waals surface area contributed by atoms with Gasteiger partial charge in [-0.15, -0.1) is 10.2 Å². The molecule has 1 N–H and O–H groups in total. The standard InChI is InChI=1S/C20H23N3O3/c1-12(2)19-22-23-20(26-19)13(3)21-18(25)11-16-15(9-10-17(16)24)14-7-5-4-6-8-14/h4-8,12-13H,9-11H2,1-3H3,(H,21,25)/t13-/m0/s1. The molecule has 1 atom stereocenters. The molecular formula is C20H23N3O3. The summed E-state index contributed by atoms with van der Waals surface area (Å²) >= 11 is 0. The number of hydrogen-bond acceptors (Lipinski definition) is 5. The van der Waals surface area contributed by atoms with Gasteiger partial charge in [-0.25, -0.2) is 0 Å². The highest BCUT2D eigenvalue weighted by Gasteiger charge is 2.26. The minimum Gasteiger partial charge on any atom is -0.423 e. The lowest BCUT2D eigenvalue weighted by Crippen LogP contribution is -2.27. The van der Waals surface area contributed by atoms with Gasteiger partial charge in [0.2, 0.25) is 17.7 Å². The molecule has 1 heterocycles. The normalized spacial score (nSPS) is 15.6. The summed E-state index contributed by atoms with van der Waals surface area (Å²) in [5, 5.41) is 10.8. The number of nitrogens with one attached hydrogen (secondary N) is 1. The lowest BCUT2D eigenvalue weighted by Gasteiger charge is -2.11. The molecule has 1 aliphatic carbocycles. The first-order valence-corrected chi connectivity index (χ1v) is 8.89. The fraction of sp³-hybridized carbons (Fsp3) is 0.400. The van der Waals surface area contributed by atoms with Crippen LogP contribution < -0.4 is 5.32 Å². The Bertz CT molecular complexity index is 837. The molecule has 1 amide bonds.